The third-order valence-electron chi connectivity index (χ3n) is 4.76. The summed E-state index contributed by atoms with van der Waals surface area (Å²) in [6.45, 7) is 0. The standard InChI is InChI=1S/C18H15N7O3S/c1-27-9-5-6-10(11(8-9)28-2)16-13-14(12-4-3-7-29-12)20-21-17(26)15(13)19-18-22-23-24-25(16)18/h3-8,16H,1-2H3,(H,21,26)(H,19,22,24)/t16-/m0/s1. The molecular weight excluding hydrogens is 394 g/mol. The molecule has 0 amide bonds. The molecule has 1 atom stereocenters. The molecule has 0 aliphatic carbocycles. The molecule has 2 N–H and O–H groups in total. The Kier molecular flexibility index (Phi) is 4.02. The maximum absolute atomic E-state index is 12.6. The van der Waals surface area contributed by atoms with Crippen molar-refractivity contribution in [1.29, 1.82) is 0 Å². The highest BCUT2D eigenvalue weighted by molar-refractivity contribution is 7.13. The van der Waals surface area contributed by atoms with Crippen LogP contribution in [0.5, 0.6) is 11.5 Å². The Morgan fingerprint density at radius 2 is 2.10 bits per heavy atom. The molecule has 0 saturated carbocycles. The molecule has 1 aliphatic rings. The van der Waals surface area contributed by atoms with Gasteiger partial charge in [-0.1, -0.05) is 11.2 Å². The van der Waals surface area contributed by atoms with Crippen LogP contribution < -0.4 is 20.3 Å². The van der Waals surface area contributed by atoms with Gasteiger partial charge in [0.2, 0.25) is 5.95 Å². The Labute approximate surface area is 168 Å². The second-order valence-electron chi connectivity index (χ2n) is 6.25. The molecule has 0 saturated heterocycles. The first-order chi connectivity index (χ1) is 14.2. The van der Waals surface area contributed by atoms with E-state index in [2.05, 4.69) is 31.0 Å². The van der Waals surface area contributed by atoms with E-state index in [0.717, 1.165) is 10.4 Å². The smallest absolute Gasteiger partial charge is 0.288 e. The molecule has 5 rings (SSSR count). The number of anilines is 2. The molecule has 0 fully saturated rings. The third-order valence-corrected chi connectivity index (χ3v) is 5.63. The van der Waals surface area contributed by atoms with Gasteiger partial charge in [0.1, 0.15) is 28.9 Å². The van der Waals surface area contributed by atoms with Gasteiger partial charge in [0.15, 0.2) is 0 Å². The lowest BCUT2D eigenvalue weighted by molar-refractivity contribution is 0.386. The van der Waals surface area contributed by atoms with Gasteiger partial charge in [0.25, 0.3) is 5.56 Å². The number of fused-ring (bicyclic) bond motifs is 2. The molecule has 1 aliphatic heterocycles. The molecule has 1 aromatic carbocycles. The third kappa shape index (κ3) is 2.66. The highest BCUT2D eigenvalue weighted by atomic mass is 32.1. The average molecular weight is 409 g/mol. The summed E-state index contributed by atoms with van der Waals surface area (Å²) >= 11 is 1.53. The van der Waals surface area contributed by atoms with Gasteiger partial charge in [0.05, 0.1) is 19.1 Å². The van der Waals surface area contributed by atoms with Crippen molar-refractivity contribution in [1.82, 2.24) is 30.4 Å². The SMILES string of the molecule is COc1ccc([C@H]2c3c(-c4cccs4)n[nH]c(=O)c3Nc3nnnn32)c(OC)c1. The molecule has 0 unspecified atom stereocenters. The number of hydrogen-bond acceptors (Lipinski definition) is 9. The molecule has 0 radical (unpaired) electrons. The van der Waals surface area contributed by atoms with Crippen molar-refractivity contribution in [2.75, 3.05) is 19.5 Å². The minimum atomic E-state index is -0.524. The average Bonchev–Trinajstić information content (AvgIpc) is 3.44. The van der Waals surface area contributed by atoms with Crippen LogP contribution in [-0.2, 0) is 0 Å². The Morgan fingerprint density at radius 3 is 2.86 bits per heavy atom. The fraction of sp³-hybridized carbons (Fsp3) is 0.167. The van der Waals surface area contributed by atoms with Crippen LogP contribution in [0.3, 0.4) is 0 Å². The Balaban J connectivity index is 1.83. The van der Waals surface area contributed by atoms with Crippen molar-refractivity contribution in [3.8, 4) is 22.1 Å². The zero-order chi connectivity index (χ0) is 20.0. The molecule has 146 valence electrons. The van der Waals surface area contributed by atoms with Crippen molar-refractivity contribution >= 4 is 23.0 Å². The number of methoxy groups -OCH3 is 2. The minimum Gasteiger partial charge on any atom is -0.497 e. The highest BCUT2D eigenvalue weighted by Gasteiger charge is 2.36. The van der Waals surface area contributed by atoms with Crippen LogP contribution in [0.15, 0.2) is 40.5 Å². The highest BCUT2D eigenvalue weighted by Crippen LogP contribution is 2.44. The van der Waals surface area contributed by atoms with Crippen molar-refractivity contribution < 1.29 is 9.47 Å². The van der Waals surface area contributed by atoms with E-state index in [1.165, 1.54) is 11.3 Å². The number of rotatable bonds is 4. The van der Waals surface area contributed by atoms with E-state index in [9.17, 15) is 4.79 Å². The number of benzene rings is 1. The van der Waals surface area contributed by atoms with Gasteiger partial charge < -0.3 is 14.8 Å². The monoisotopic (exact) mass is 409 g/mol. The van der Waals surface area contributed by atoms with E-state index in [1.807, 2.05) is 29.6 Å². The number of nitrogens with one attached hydrogen (secondary N) is 2. The molecule has 4 aromatic rings. The van der Waals surface area contributed by atoms with Crippen molar-refractivity contribution in [3.63, 3.8) is 0 Å². The van der Waals surface area contributed by atoms with E-state index in [1.54, 1.807) is 25.0 Å². The predicted octanol–water partition coefficient (Wildman–Crippen LogP) is 2.20. The topological polar surface area (TPSA) is 120 Å². The summed E-state index contributed by atoms with van der Waals surface area (Å²) in [6.07, 6.45) is 0. The number of nitrogens with zero attached hydrogens (tertiary/aromatic N) is 5. The lowest BCUT2D eigenvalue weighted by Gasteiger charge is -2.28. The van der Waals surface area contributed by atoms with Gasteiger partial charge >= 0.3 is 0 Å². The van der Waals surface area contributed by atoms with E-state index < -0.39 is 6.04 Å². The van der Waals surface area contributed by atoms with Crippen LogP contribution in [0, 0.1) is 0 Å². The zero-order valence-electron chi connectivity index (χ0n) is 15.4. The maximum Gasteiger partial charge on any atom is 0.288 e. The van der Waals surface area contributed by atoms with Gasteiger partial charge in [-0.2, -0.15) is 9.78 Å². The van der Waals surface area contributed by atoms with Crippen molar-refractivity contribution in [2.24, 2.45) is 0 Å². The number of H-pyrrole nitrogens is 1. The number of hydrogen-bond donors (Lipinski definition) is 2. The number of aromatic amines is 1. The van der Waals surface area contributed by atoms with E-state index in [0.29, 0.717) is 34.4 Å². The van der Waals surface area contributed by atoms with Gasteiger partial charge in [0, 0.05) is 17.2 Å². The molecular formula is C18H15N7O3S. The summed E-state index contributed by atoms with van der Waals surface area (Å²) in [7, 11) is 3.17. The molecule has 29 heavy (non-hydrogen) atoms. The summed E-state index contributed by atoms with van der Waals surface area (Å²) in [5.74, 6) is 1.59. The van der Waals surface area contributed by atoms with Crippen LogP contribution >= 0.6 is 11.3 Å². The Hall–Kier alpha value is -3.73. The first-order valence-corrected chi connectivity index (χ1v) is 9.52. The van der Waals surface area contributed by atoms with Crippen molar-refractivity contribution in [2.45, 2.75) is 6.04 Å². The second-order valence-corrected chi connectivity index (χ2v) is 7.20. The number of ether oxygens (including phenoxy) is 2. The number of tetrazole rings is 1. The predicted molar refractivity (Wildman–Crippen MR) is 106 cm³/mol. The molecule has 0 bridgehead atoms. The first-order valence-electron chi connectivity index (χ1n) is 8.64. The summed E-state index contributed by atoms with van der Waals surface area (Å²) < 4.78 is 12.6. The van der Waals surface area contributed by atoms with Crippen LogP contribution in [-0.4, -0.2) is 44.6 Å². The van der Waals surface area contributed by atoms with Crippen LogP contribution in [0.4, 0.5) is 11.6 Å². The van der Waals surface area contributed by atoms with Crippen molar-refractivity contribution in [3.05, 3.63) is 57.2 Å². The summed E-state index contributed by atoms with van der Waals surface area (Å²) in [5.41, 5.74) is 2.08. The van der Waals surface area contributed by atoms with E-state index >= 15 is 0 Å². The largest absolute Gasteiger partial charge is 0.497 e. The lowest BCUT2D eigenvalue weighted by atomic mass is 9.93. The quantitative estimate of drug-likeness (QED) is 0.464. The maximum atomic E-state index is 12.6. The molecule has 3 aromatic heterocycles. The number of aromatic nitrogens is 6. The second kappa shape index (κ2) is 6.71. The fourth-order valence-corrected chi connectivity index (χ4v) is 4.20. The first kappa shape index (κ1) is 17.4. The molecule has 4 heterocycles. The zero-order valence-corrected chi connectivity index (χ0v) is 16.2. The Morgan fingerprint density at radius 1 is 1.21 bits per heavy atom. The van der Waals surface area contributed by atoms with Gasteiger partial charge in [-0.15, -0.1) is 11.3 Å². The van der Waals surface area contributed by atoms with Crippen LogP contribution in [0.2, 0.25) is 0 Å². The summed E-state index contributed by atoms with van der Waals surface area (Å²) in [6, 6.07) is 8.84. The Bertz CT molecular complexity index is 1250. The van der Waals surface area contributed by atoms with E-state index in [4.69, 9.17) is 9.47 Å². The molecule has 0 spiro atoms. The van der Waals surface area contributed by atoms with E-state index in [-0.39, 0.29) is 5.56 Å². The van der Waals surface area contributed by atoms with Gasteiger partial charge in [-0.05, 0) is 34.0 Å². The molecule has 11 heteroatoms. The summed E-state index contributed by atoms with van der Waals surface area (Å²) in [4.78, 5) is 13.6. The van der Waals surface area contributed by atoms with Gasteiger partial charge in [-0.25, -0.2) is 5.10 Å². The van der Waals surface area contributed by atoms with Crippen LogP contribution in [0.25, 0.3) is 10.6 Å². The van der Waals surface area contributed by atoms with Crippen LogP contribution in [0.1, 0.15) is 17.2 Å². The van der Waals surface area contributed by atoms with Gasteiger partial charge in [-0.3, -0.25) is 4.79 Å². The lowest BCUT2D eigenvalue weighted by Crippen LogP contribution is -2.29. The normalized spacial score (nSPS) is 14.6. The minimum absolute atomic E-state index is 0.355. The number of thiophene rings is 1. The fourth-order valence-electron chi connectivity index (χ4n) is 3.47. The molecule has 10 nitrogen and oxygen atoms in total. The summed E-state index contributed by atoms with van der Waals surface area (Å²) in [5, 5.41) is 23.8.